The molecule has 0 bridgehead atoms. The molecule has 0 saturated carbocycles. The summed E-state index contributed by atoms with van der Waals surface area (Å²) < 4.78 is 19.5. The maximum atomic E-state index is 13.9. The molecule has 98 valence electrons. The molecule has 3 N–H and O–H groups in total. The summed E-state index contributed by atoms with van der Waals surface area (Å²) in [5, 5.41) is 7.26. The van der Waals surface area contributed by atoms with Crippen molar-refractivity contribution >= 4 is 5.84 Å². The molecule has 4 heteroatoms. The van der Waals surface area contributed by atoms with Gasteiger partial charge in [0.2, 0.25) is 0 Å². The van der Waals surface area contributed by atoms with E-state index in [9.17, 15) is 4.39 Å². The zero-order valence-corrected chi connectivity index (χ0v) is 10.8. The number of aryl methyl sites for hydroxylation is 2. The number of amidine groups is 1. The lowest BCUT2D eigenvalue weighted by Crippen LogP contribution is -2.11. The zero-order valence-electron chi connectivity index (χ0n) is 10.8. The van der Waals surface area contributed by atoms with Gasteiger partial charge in [-0.2, -0.15) is 0 Å². The van der Waals surface area contributed by atoms with Gasteiger partial charge in [-0.05, 0) is 43.2 Å². The standard InChI is InChI=1S/C15H15FN2O/c1-9-4-3-5-10(2)14(9)19-13-7-6-11(15(17)18)8-12(13)16/h3-8H,1-2H3,(H3,17,18). The van der Waals surface area contributed by atoms with Gasteiger partial charge >= 0.3 is 0 Å². The lowest BCUT2D eigenvalue weighted by atomic mass is 10.1. The second-order valence-corrected chi connectivity index (χ2v) is 4.38. The Bertz CT molecular complexity index is 618. The van der Waals surface area contributed by atoms with Crippen LogP contribution in [0.25, 0.3) is 0 Å². The van der Waals surface area contributed by atoms with Gasteiger partial charge in [-0.3, -0.25) is 5.41 Å². The Hall–Kier alpha value is -2.36. The SMILES string of the molecule is Cc1cccc(C)c1Oc1ccc(C(=N)N)cc1F. The molecule has 2 aromatic rings. The first-order valence-electron chi connectivity index (χ1n) is 5.87. The van der Waals surface area contributed by atoms with Gasteiger partial charge in [0.05, 0.1) is 0 Å². The molecular weight excluding hydrogens is 243 g/mol. The van der Waals surface area contributed by atoms with Gasteiger partial charge in [0.15, 0.2) is 11.6 Å². The fraction of sp³-hybridized carbons (Fsp3) is 0.133. The number of hydrogen-bond acceptors (Lipinski definition) is 2. The summed E-state index contributed by atoms with van der Waals surface area (Å²) >= 11 is 0. The number of benzene rings is 2. The smallest absolute Gasteiger partial charge is 0.166 e. The highest BCUT2D eigenvalue weighted by Crippen LogP contribution is 2.30. The predicted octanol–water partition coefficient (Wildman–Crippen LogP) is 3.52. The third kappa shape index (κ3) is 2.73. The molecule has 2 rings (SSSR count). The molecule has 0 heterocycles. The summed E-state index contributed by atoms with van der Waals surface area (Å²) in [6, 6.07) is 9.98. The topological polar surface area (TPSA) is 59.1 Å². The van der Waals surface area contributed by atoms with E-state index in [-0.39, 0.29) is 11.6 Å². The van der Waals surface area contributed by atoms with Gasteiger partial charge < -0.3 is 10.5 Å². The van der Waals surface area contributed by atoms with Crippen LogP contribution in [0.1, 0.15) is 16.7 Å². The third-order valence-electron chi connectivity index (χ3n) is 2.86. The van der Waals surface area contributed by atoms with Crippen LogP contribution in [-0.4, -0.2) is 5.84 Å². The van der Waals surface area contributed by atoms with E-state index in [1.54, 1.807) is 6.07 Å². The quantitative estimate of drug-likeness (QED) is 0.653. The highest BCUT2D eigenvalue weighted by molar-refractivity contribution is 5.95. The monoisotopic (exact) mass is 258 g/mol. The average Bonchev–Trinajstić information content (AvgIpc) is 2.35. The maximum Gasteiger partial charge on any atom is 0.166 e. The number of para-hydroxylation sites is 1. The van der Waals surface area contributed by atoms with Gasteiger partial charge in [0.25, 0.3) is 0 Å². The third-order valence-corrected chi connectivity index (χ3v) is 2.86. The van der Waals surface area contributed by atoms with Gasteiger partial charge in [0.1, 0.15) is 11.6 Å². The number of ether oxygens (including phenoxy) is 1. The highest BCUT2D eigenvalue weighted by atomic mass is 19.1. The van der Waals surface area contributed by atoms with Crippen molar-refractivity contribution in [3.63, 3.8) is 0 Å². The maximum absolute atomic E-state index is 13.9. The van der Waals surface area contributed by atoms with E-state index in [0.29, 0.717) is 11.3 Å². The van der Waals surface area contributed by atoms with E-state index in [4.69, 9.17) is 15.9 Å². The fourth-order valence-electron chi connectivity index (χ4n) is 1.82. The van der Waals surface area contributed by atoms with Crippen LogP contribution in [0.2, 0.25) is 0 Å². The summed E-state index contributed by atoms with van der Waals surface area (Å²) in [6.45, 7) is 3.81. The largest absolute Gasteiger partial charge is 0.454 e. The Kier molecular flexibility index (Phi) is 3.51. The number of hydrogen-bond donors (Lipinski definition) is 2. The Labute approximate surface area is 111 Å². The number of rotatable bonds is 3. The van der Waals surface area contributed by atoms with Gasteiger partial charge in [-0.25, -0.2) is 4.39 Å². The summed E-state index contributed by atoms with van der Waals surface area (Å²) in [4.78, 5) is 0. The molecule has 0 aliphatic carbocycles. The van der Waals surface area contributed by atoms with E-state index in [0.717, 1.165) is 11.1 Å². The lowest BCUT2D eigenvalue weighted by Gasteiger charge is -2.12. The molecule has 19 heavy (non-hydrogen) atoms. The molecule has 0 spiro atoms. The van der Waals surface area contributed by atoms with Crippen LogP contribution in [0.15, 0.2) is 36.4 Å². The van der Waals surface area contributed by atoms with Crippen molar-refractivity contribution in [1.29, 1.82) is 5.41 Å². The van der Waals surface area contributed by atoms with Crippen molar-refractivity contribution in [2.45, 2.75) is 13.8 Å². The molecule has 0 aliphatic heterocycles. The van der Waals surface area contributed by atoms with Gasteiger partial charge in [-0.1, -0.05) is 18.2 Å². The van der Waals surface area contributed by atoms with Crippen LogP contribution in [0.5, 0.6) is 11.5 Å². The normalized spacial score (nSPS) is 10.3. The second kappa shape index (κ2) is 5.10. The summed E-state index contributed by atoms with van der Waals surface area (Å²) in [5.41, 5.74) is 7.53. The van der Waals surface area contributed by atoms with E-state index in [1.807, 2.05) is 32.0 Å². The zero-order chi connectivity index (χ0) is 14.0. The molecule has 0 atom stereocenters. The van der Waals surface area contributed by atoms with Crippen LogP contribution in [0.3, 0.4) is 0 Å². The average molecular weight is 258 g/mol. The molecule has 0 aliphatic rings. The summed E-state index contributed by atoms with van der Waals surface area (Å²) in [6.07, 6.45) is 0. The molecule has 0 aromatic heterocycles. The van der Waals surface area contributed by atoms with Gasteiger partial charge in [-0.15, -0.1) is 0 Å². The minimum atomic E-state index is -0.532. The van der Waals surface area contributed by atoms with Crippen molar-refractivity contribution in [1.82, 2.24) is 0 Å². The first-order chi connectivity index (χ1) is 8.99. The molecule has 2 aromatic carbocycles. The minimum absolute atomic E-state index is 0.127. The predicted molar refractivity (Wildman–Crippen MR) is 73.4 cm³/mol. The number of halogens is 1. The Morgan fingerprint density at radius 1 is 1.16 bits per heavy atom. The van der Waals surface area contributed by atoms with E-state index in [1.165, 1.54) is 12.1 Å². The molecule has 3 nitrogen and oxygen atoms in total. The van der Waals surface area contributed by atoms with E-state index >= 15 is 0 Å². The summed E-state index contributed by atoms with van der Waals surface area (Å²) in [5.74, 6) is 0.0762. The van der Waals surface area contributed by atoms with E-state index in [2.05, 4.69) is 0 Å². The number of nitrogens with one attached hydrogen (secondary N) is 1. The molecule has 0 amide bonds. The first kappa shape index (κ1) is 13.1. The van der Waals surface area contributed by atoms with Crippen molar-refractivity contribution in [3.8, 4) is 11.5 Å². The Balaban J connectivity index is 2.36. The van der Waals surface area contributed by atoms with Gasteiger partial charge in [0, 0.05) is 5.56 Å². The van der Waals surface area contributed by atoms with Crippen LogP contribution in [0, 0.1) is 25.1 Å². The summed E-state index contributed by atoms with van der Waals surface area (Å²) in [7, 11) is 0. The fourth-order valence-corrected chi connectivity index (χ4v) is 1.82. The molecule has 0 fully saturated rings. The molecular formula is C15H15FN2O. The Morgan fingerprint density at radius 2 is 1.79 bits per heavy atom. The minimum Gasteiger partial charge on any atom is -0.454 e. The number of nitrogen functional groups attached to an aromatic ring is 1. The van der Waals surface area contributed by atoms with E-state index < -0.39 is 5.82 Å². The van der Waals surface area contributed by atoms with Crippen LogP contribution >= 0.6 is 0 Å². The highest BCUT2D eigenvalue weighted by Gasteiger charge is 2.10. The Morgan fingerprint density at radius 3 is 2.32 bits per heavy atom. The first-order valence-corrected chi connectivity index (χ1v) is 5.87. The van der Waals surface area contributed by atoms with Crippen molar-refractivity contribution in [3.05, 3.63) is 58.9 Å². The van der Waals surface area contributed by atoms with Crippen LogP contribution < -0.4 is 10.5 Å². The van der Waals surface area contributed by atoms with Crippen LogP contribution in [-0.2, 0) is 0 Å². The number of nitrogens with two attached hydrogens (primary N) is 1. The van der Waals surface area contributed by atoms with Crippen molar-refractivity contribution in [2.24, 2.45) is 5.73 Å². The second-order valence-electron chi connectivity index (χ2n) is 4.38. The van der Waals surface area contributed by atoms with Crippen molar-refractivity contribution in [2.75, 3.05) is 0 Å². The van der Waals surface area contributed by atoms with Crippen LogP contribution in [0.4, 0.5) is 4.39 Å². The molecule has 0 saturated heterocycles. The molecule has 0 unspecified atom stereocenters. The molecule has 0 radical (unpaired) electrons. The van der Waals surface area contributed by atoms with Crippen molar-refractivity contribution < 1.29 is 9.13 Å². The lowest BCUT2D eigenvalue weighted by molar-refractivity contribution is 0.437.